The van der Waals surface area contributed by atoms with Crippen molar-refractivity contribution >= 4 is 40.9 Å². The molecule has 0 unspecified atom stereocenters. The number of aromatic carboxylic acids is 1. The van der Waals surface area contributed by atoms with Gasteiger partial charge in [-0.05, 0) is 23.4 Å². The maximum Gasteiger partial charge on any atom is 0.337 e. The second-order valence-electron chi connectivity index (χ2n) is 3.91. The molecule has 1 aromatic rings. The van der Waals surface area contributed by atoms with Crippen LogP contribution in [0.1, 0.15) is 24.2 Å². The molecular weight excluding hydrogens is 274 g/mol. The number of amides is 1. The van der Waals surface area contributed by atoms with E-state index >= 15 is 0 Å². The molecule has 0 radical (unpaired) electrons. The van der Waals surface area contributed by atoms with Gasteiger partial charge in [0, 0.05) is 5.69 Å². The molecular formula is C12H14ClNO3S. The zero-order valence-electron chi connectivity index (χ0n) is 10.1. The van der Waals surface area contributed by atoms with Gasteiger partial charge in [0.05, 0.1) is 16.3 Å². The van der Waals surface area contributed by atoms with Crippen LogP contribution in [0, 0.1) is 0 Å². The van der Waals surface area contributed by atoms with Crippen molar-refractivity contribution < 1.29 is 14.7 Å². The lowest BCUT2D eigenvalue weighted by Gasteiger charge is -2.08. The summed E-state index contributed by atoms with van der Waals surface area (Å²) >= 11 is 7.33. The maximum atomic E-state index is 11.6. The van der Waals surface area contributed by atoms with E-state index in [9.17, 15) is 9.59 Å². The summed E-state index contributed by atoms with van der Waals surface area (Å²) in [5.41, 5.74) is 0.519. The van der Waals surface area contributed by atoms with Crippen molar-refractivity contribution in [3.63, 3.8) is 0 Å². The maximum absolute atomic E-state index is 11.6. The Morgan fingerprint density at radius 2 is 2.11 bits per heavy atom. The van der Waals surface area contributed by atoms with Gasteiger partial charge in [0.25, 0.3) is 0 Å². The Morgan fingerprint density at radius 3 is 2.61 bits per heavy atom. The van der Waals surface area contributed by atoms with Gasteiger partial charge in [-0.15, -0.1) is 11.8 Å². The molecule has 0 fully saturated rings. The van der Waals surface area contributed by atoms with Gasteiger partial charge in [0.2, 0.25) is 5.91 Å². The standard InChI is InChI=1S/C12H14ClNO3S/c1-7(2)18-6-11(15)14-8-3-4-9(12(16)17)10(13)5-8/h3-5,7H,6H2,1-2H3,(H,14,15)(H,16,17). The third-order valence-electron chi connectivity index (χ3n) is 2.03. The highest BCUT2D eigenvalue weighted by molar-refractivity contribution is 8.00. The van der Waals surface area contributed by atoms with Gasteiger partial charge in [-0.1, -0.05) is 25.4 Å². The Labute approximate surface area is 115 Å². The van der Waals surface area contributed by atoms with Crippen LogP contribution in [0.25, 0.3) is 0 Å². The average molecular weight is 288 g/mol. The first kappa shape index (κ1) is 14.9. The van der Waals surface area contributed by atoms with Crippen molar-refractivity contribution in [3.05, 3.63) is 28.8 Å². The molecule has 4 nitrogen and oxygen atoms in total. The number of thioether (sulfide) groups is 1. The van der Waals surface area contributed by atoms with Crippen molar-refractivity contribution in [3.8, 4) is 0 Å². The molecule has 98 valence electrons. The van der Waals surface area contributed by atoms with E-state index in [4.69, 9.17) is 16.7 Å². The third kappa shape index (κ3) is 4.58. The Kier molecular flexibility index (Phi) is 5.50. The van der Waals surface area contributed by atoms with Gasteiger partial charge in [-0.3, -0.25) is 4.79 Å². The molecule has 6 heteroatoms. The summed E-state index contributed by atoms with van der Waals surface area (Å²) in [5, 5.41) is 12.0. The van der Waals surface area contributed by atoms with Gasteiger partial charge in [-0.2, -0.15) is 0 Å². The van der Waals surface area contributed by atoms with E-state index in [0.29, 0.717) is 16.7 Å². The van der Waals surface area contributed by atoms with E-state index in [1.807, 2.05) is 13.8 Å². The number of carbonyl (C=O) groups is 2. The highest BCUT2D eigenvalue weighted by Gasteiger charge is 2.10. The number of hydrogen-bond acceptors (Lipinski definition) is 3. The highest BCUT2D eigenvalue weighted by atomic mass is 35.5. The summed E-state index contributed by atoms with van der Waals surface area (Å²) in [6, 6.07) is 4.33. The number of carboxylic acids is 1. The molecule has 1 aromatic carbocycles. The van der Waals surface area contributed by atoms with E-state index in [0.717, 1.165) is 0 Å². The van der Waals surface area contributed by atoms with E-state index in [1.165, 1.54) is 30.0 Å². The molecule has 2 N–H and O–H groups in total. The van der Waals surface area contributed by atoms with E-state index < -0.39 is 5.97 Å². The quantitative estimate of drug-likeness (QED) is 0.873. The molecule has 18 heavy (non-hydrogen) atoms. The van der Waals surface area contributed by atoms with Gasteiger partial charge >= 0.3 is 5.97 Å². The molecule has 0 saturated heterocycles. The fraction of sp³-hybridized carbons (Fsp3) is 0.333. The number of benzene rings is 1. The van der Waals surface area contributed by atoms with Crippen LogP contribution in [-0.4, -0.2) is 28.0 Å². The Hall–Kier alpha value is -1.20. The molecule has 0 atom stereocenters. The number of nitrogens with one attached hydrogen (secondary N) is 1. The highest BCUT2D eigenvalue weighted by Crippen LogP contribution is 2.21. The summed E-state index contributed by atoms with van der Waals surface area (Å²) < 4.78 is 0. The van der Waals surface area contributed by atoms with Crippen LogP contribution in [0.15, 0.2) is 18.2 Å². The normalized spacial score (nSPS) is 10.4. The van der Waals surface area contributed by atoms with Crippen molar-refractivity contribution in [2.45, 2.75) is 19.1 Å². The lowest BCUT2D eigenvalue weighted by atomic mass is 10.2. The minimum Gasteiger partial charge on any atom is -0.478 e. The lowest BCUT2D eigenvalue weighted by molar-refractivity contribution is -0.113. The minimum absolute atomic E-state index is 0.0196. The summed E-state index contributed by atoms with van der Waals surface area (Å²) in [6.45, 7) is 4.02. The van der Waals surface area contributed by atoms with E-state index in [-0.39, 0.29) is 16.5 Å². The van der Waals surface area contributed by atoms with Crippen LogP contribution < -0.4 is 5.32 Å². The number of anilines is 1. The van der Waals surface area contributed by atoms with Crippen LogP contribution in [-0.2, 0) is 4.79 Å². The first-order chi connectivity index (χ1) is 8.40. The van der Waals surface area contributed by atoms with E-state index in [2.05, 4.69) is 5.32 Å². The Balaban J connectivity index is 2.66. The summed E-state index contributed by atoms with van der Waals surface area (Å²) in [4.78, 5) is 22.3. The van der Waals surface area contributed by atoms with Gasteiger partial charge in [-0.25, -0.2) is 4.79 Å². The van der Waals surface area contributed by atoms with Crippen molar-refractivity contribution in [1.29, 1.82) is 0 Å². The van der Waals surface area contributed by atoms with Crippen LogP contribution >= 0.6 is 23.4 Å². The second-order valence-corrected chi connectivity index (χ2v) is 5.88. The van der Waals surface area contributed by atoms with Crippen molar-refractivity contribution in [2.75, 3.05) is 11.1 Å². The molecule has 0 saturated carbocycles. The number of hydrogen-bond donors (Lipinski definition) is 2. The summed E-state index contributed by atoms with van der Waals surface area (Å²) in [5.74, 6) is -0.864. The first-order valence-corrected chi connectivity index (χ1v) is 6.77. The predicted octanol–water partition coefficient (Wildman–Crippen LogP) is 3.12. The van der Waals surface area contributed by atoms with Gasteiger partial charge < -0.3 is 10.4 Å². The van der Waals surface area contributed by atoms with Crippen LogP contribution in [0.4, 0.5) is 5.69 Å². The number of rotatable bonds is 5. The number of carboxylic acid groups (broad SMARTS) is 1. The molecule has 1 amide bonds. The van der Waals surface area contributed by atoms with Gasteiger partial charge in [0.15, 0.2) is 0 Å². The van der Waals surface area contributed by atoms with Crippen molar-refractivity contribution in [2.24, 2.45) is 0 Å². The molecule has 0 aliphatic heterocycles. The molecule has 0 aromatic heterocycles. The smallest absolute Gasteiger partial charge is 0.337 e. The SMILES string of the molecule is CC(C)SCC(=O)Nc1ccc(C(=O)O)c(Cl)c1. The zero-order valence-corrected chi connectivity index (χ0v) is 11.6. The second kappa shape index (κ2) is 6.66. The topological polar surface area (TPSA) is 66.4 Å². The largest absolute Gasteiger partial charge is 0.478 e. The fourth-order valence-corrected chi connectivity index (χ4v) is 2.02. The minimum atomic E-state index is -1.09. The molecule has 0 aliphatic rings. The number of halogens is 1. The monoisotopic (exact) mass is 287 g/mol. The van der Waals surface area contributed by atoms with Crippen LogP contribution in [0.2, 0.25) is 5.02 Å². The summed E-state index contributed by atoms with van der Waals surface area (Å²) in [7, 11) is 0. The van der Waals surface area contributed by atoms with Crippen LogP contribution in [0.3, 0.4) is 0 Å². The molecule has 0 aliphatic carbocycles. The molecule has 0 bridgehead atoms. The molecule has 1 rings (SSSR count). The Morgan fingerprint density at radius 1 is 1.44 bits per heavy atom. The fourth-order valence-electron chi connectivity index (χ4n) is 1.21. The predicted molar refractivity (Wildman–Crippen MR) is 74.6 cm³/mol. The average Bonchev–Trinajstić information content (AvgIpc) is 2.26. The van der Waals surface area contributed by atoms with Crippen LogP contribution in [0.5, 0.6) is 0 Å². The lowest BCUT2D eigenvalue weighted by Crippen LogP contribution is -2.15. The van der Waals surface area contributed by atoms with Gasteiger partial charge in [0.1, 0.15) is 0 Å². The Bertz CT molecular complexity index is 463. The molecule has 0 spiro atoms. The zero-order chi connectivity index (χ0) is 13.7. The first-order valence-electron chi connectivity index (χ1n) is 5.34. The van der Waals surface area contributed by atoms with Crippen molar-refractivity contribution in [1.82, 2.24) is 0 Å². The molecule has 0 heterocycles. The number of carbonyl (C=O) groups excluding carboxylic acids is 1. The summed E-state index contributed by atoms with van der Waals surface area (Å²) in [6.07, 6.45) is 0. The third-order valence-corrected chi connectivity index (χ3v) is 3.44. The van der Waals surface area contributed by atoms with E-state index in [1.54, 1.807) is 0 Å².